The Morgan fingerprint density at radius 3 is 2.69 bits per heavy atom. The van der Waals surface area contributed by atoms with Gasteiger partial charge in [0.2, 0.25) is 5.91 Å². The number of carboxylic acids is 1. The maximum absolute atomic E-state index is 11.2. The lowest BCUT2D eigenvalue weighted by Gasteiger charge is -2.06. The summed E-state index contributed by atoms with van der Waals surface area (Å²) in [5, 5.41) is 11.3. The summed E-state index contributed by atoms with van der Waals surface area (Å²) < 4.78 is 0.498. The number of terminal acetylenes is 1. The van der Waals surface area contributed by atoms with Crippen LogP contribution in [0.3, 0.4) is 0 Å². The second-order valence-corrected chi connectivity index (χ2v) is 3.78. The Bertz CT molecular complexity index is 477. The van der Waals surface area contributed by atoms with Crippen molar-refractivity contribution in [3.05, 3.63) is 28.2 Å². The van der Waals surface area contributed by atoms with Gasteiger partial charge in [0.15, 0.2) is 0 Å². The molecule has 2 N–H and O–H groups in total. The predicted molar refractivity (Wildman–Crippen MR) is 63.2 cm³/mol. The minimum atomic E-state index is -1.03. The Hall–Kier alpha value is -1.80. The van der Waals surface area contributed by atoms with E-state index in [1.807, 2.05) is 0 Å². The summed E-state index contributed by atoms with van der Waals surface area (Å²) in [6.07, 6.45) is 4.96. The van der Waals surface area contributed by atoms with Crippen molar-refractivity contribution in [1.82, 2.24) is 0 Å². The number of amides is 1. The van der Waals surface area contributed by atoms with E-state index < -0.39 is 5.97 Å². The van der Waals surface area contributed by atoms with Crippen molar-refractivity contribution in [2.45, 2.75) is 6.42 Å². The minimum Gasteiger partial charge on any atom is -0.478 e. The first kappa shape index (κ1) is 12.3. The first-order valence-corrected chi connectivity index (χ1v) is 5.10. The van der Waals surface area contributed by atoms with E-state index in [-0.39, 0.29) is 17.9 Å². The molecular weight excluding hydrogens is 274 g/mol. The van der Waals surface area contributed by atoms with E-state index >= 15 is 0 Å². The van der Waals surface area contributed by atoms with Gasteiger partial charge in [-0.1, -0.05) is 5.92 Å². The van der Waals surface area contributed by atoms with Crippen LogP contribution in [0.4, 0.5) is 5.69 Å². The molecule has 0 bridgehead atoms. The summed E-state index contributed by atoms with van der Waals surface area (Å²) in [6.45, 7) is 0. The molecule has 1 aromatic rings. The van der Waals surface area contributed by atoms with Gasteiger partial charge in [-0.3, -0.25) is 4.79 Å². The van der Waals surface area contributed by atoms with Crippen molar-refractivity contribution >= 4 is 33.5 Å². The fourth-order valence-corrected chi connectivity index (χ4v) is 1.51. The van der Waals surface area contributed by atoms with E-state index in [0.29, 0.717) is 10.2 Å². The third-order valence-corrected chi connectivity index (χ3v) is 2.41. The molecule has 0 saturated carbocycles. The smallest absolute Gasteiger partial charge is 0.335 e. The molecular formula is C11H8BrNO3. The van der Waals surface area contributed by atoms with Crippen LogP contribution >= 0.6 is 15.9 Å². The number of hydrogen-bond donors (Lipinski definition) is 2. The SMILES string of the molecule is C#CCC(=O)Nc1ccc(C(=O)O)cc1Br. The number of halogens is 1. The molecule has 0 atom stereocenters. The molecule has 5 heteroatoms. The van der Waals surface area contributed by atoms with Crippen molar-refractivity contribution < 1.29 is 14.7 Å². The largest absolute Gasteiger partial charge is 0.478 e. The average Bonchev–Trinajstić information content (AvgIpc) is 2.21. The molecule has 0 aliphatic heterocycles. The highest BCUT2D eigenvalue weighted by Crippen LogP contribution is 2.23. The zero-order valence-corrected chi connectivity index (χ0v) is 9.74. The fraction of sp³-hybridized carbons (Fsp3) is 0.0909. The summed E-state index contributed by atoms with van der Waals surface area (Å²) in [5.74, 6) is 0.876. The number of benzene rings is 1. The van der Waals surface area contributed by atoms with Gasteiger partial charge in [0.1, 0.15) is 0 Å². The number of carbonyl (C=O) groups is 2. The summed E-state index contributed by atoms with van der Waals surface area (Å²) >= 11 is 3.17. The predicted octanol–water partition coefficient (Wildman–Crippen LogP) is 2.11. The number of aromatic carboxylic acids is 1. The lowest BCUT2D eigenvalue weighted by Crippen LogP contribution is -2.10. The van der Waals surface area contributed by atoms with Crippen molar-refractivity contribution in [1.29, 1.82) is 0 Å². The monoisotopic (exact) mass is 281 g/mol. The molecule has 0 fully saturated rings. The minimum absolute atomic E-state index is 0.0207. The molecule has 16 heavy (non-hydrogen) atoms. The lowest BCUT2D eigenvalue weighted by molar-refractivity contribution is -0.115. The molecule has 1 rings (SSSR count). The number of carboxylic acid groups (broad SMARTS) is 1. The highest BCUT2D eigenvalue weighted by atomic mass is 79.9. The van der Waals surface area contributed by atoms with Crippen molar-refractivity contribution in [2.75, 3.05) is 5.32 Å². The van der Waals surface area contributed by atoms with Crippen molar-refractivity contribution in [3.8, 4) is 12.3 Å². The van der Waals surface area contributed by atoms with Crippen molar-refractivity contribution in [3.63, 3.8) is 0 Å². The molecule has 0 spiro atoms. The Balaban J connectivity index is 2.88. The van der Waals surface area contributed by atoms with Crippen LogP contribution in [0.2, 0.25) is 0 Å². The summed E-state index contributed by atoms with van der Waals surface area (Å²) in [7, 11) is 0. The van der Waals surface area contributed by atoms with E-state index in [1.54, 1.807) is 0 Å². The Morgan fingerprint density at radius 2 is 2.19 bits per heavy atom. The third-order valence-electron chi connectivity index (χ3n) is 1.75. The average molecular weight is 282 g/mol. The van der Waals surface area contributed by atoms with Crippen LogP contribution in [0.5, 0.6) is 0 Å². The zero-order chi connectivity index (χ0) is 12.1. The first-order chi connectivity index (χ1) is 7.54. The van der Waals surface area contributed by atoms with Crippen LogP contribution in [0, 0.1) is 12.3 Å². The number of hydrogen-bond acceptors (Lipinski definition) is 2. The molecule has 0 aromatic heterocycles. The molecule has 1 amide bonds. The number of nitrogens with one attached hydrogen (secondary N) is 1. The standard InChI is InChI=1S/C11H8BrNO3/c1-2-3-10(14)13-9-5-4-7(11(15)16)6-8(9)12/h1,4-6H,3H2,(H,13,14)(H,15,16). The van der Waals surface area contributed by atoms with Crippen molar-refractivity contribution in [2.24, 2.45) is 0 Å². The van der Waals surface area contributed by atoms with Gasteiger partial charge in [-0.2, -0.15) is 0 Å². The highest BCUT2D eigenvalue weighted by Gasteiger charge is 2.08. The number of carbonyl (C=O) groups excluding carboxylic acids is 1. The maximum Gasteiger partial charge on any atom is 0.335 e. The first-order valence-electron chi connectivity index (χ1n) is 4.30. The normalized spacial score (nSPS) is 9.25. The van der Waals surface area contributed by atoms with Gasteiger partial charge in [-0.15, -0.1) is 6.42 Å². The van der Waals surface area contributed by atoms with E-state index in [2.05, 4.69) is 27.2 Å². The summed E-state index contributed by atoms with van der Waals surface area (Å²) in [5.41, 5.74) is 0.632. The quantitative estimate of drug-likeness (QED) is 0.834. The van der Waals surface area contributed by atoms with E-state index in [9.17, 15) is 9.59 Å². The maximum atomic E-state index is 11.2. The highest BCUT2D eigenvalue weighted by molar-refractivity contribution is 9.10. The number of rotatable bonds is 3. The fourth-order valence-electron chi connectivity index (χ4n) is 1.04. The molecule has 0 radical (unpaired) electrons. The van der Waals surface area contributed by atoms with Crippen LogP contribution < -0.4 is 5.32 Å². The Kier molecular flexibility index (Phi) is 4.09. The van der Waals surface area contributed by atoms with Crippen LogP contribution in [0.25, 0.3) is 0 Å². The summed E-state index contributed by atoms with van der Waals surface area (Å²) in [6, 6.07) is 4.31. The molecule has 0 aliphatic carbocycles. The third kappa shape index (κ3) is 3.11. The summed E-state index contributed by atoms with van der Waals surface area (Å²) in [4.78, 5) is 21.8. The zero-order valence-electron chi connectivity index (χ0n) is 8.16. The van der Waals surface area contributed by atoms with Gasteiger partial charge in [0.25, 0.3) is 0 Å². The Labute approximate surface area is 101 Å². The van der Waals surface area contributed by atoms with Crippen LogP contribution in [-0.2, 0) is 4.79 Å². The second-order valence-electron chi connectivity index (χ2n) is 2.93. The molecule has 82 valence electrons. The van der Waals surface area contributed by atoms with Gasteiger partial charge >= 0.3 is 5.97 Å². The van der Waals surface area contributed by atoms with Gasteiger partial charge in [0.05, 0.1) is 17.7 Å². The van der Waals surface area contributed by atoms with E-state index in [0.717, 1.165) is 0 Å². The molecule has 0 saturated heterocycles. The lowest BCUT2D eigenvalue weighted by atomic mass is 10.2. The molecule has 4 nitrogen and oxygen atoms in total. The van der Waals surface area contributed by atoms with Gasteiger partial charge in [-0.25, -0.2) is 4.79 Å². The second kappa shape index (κ2) is 5.33. The van der Waals surface area contributed by atoms with Crippen LogP contribution in [0.1, 0.15) is 16.8 Å². The topological polar surface area (TPSA) is 66.4 Å². The van der Waals surface area contributed by atoms with E-state index in [1.165, 1.54) is 18.2 Å². The number of anilines is 1. The molecule has 0 heterocycles. The van der Waals surface area contributed by atoms with Gasteiger partial charge < -0.3 is 10.4 Å². The van der Waals surface area contributed by atoms with Crippen LogP contribution in [-0.4, -0.2) is 17.0 Å². The Morgan fingerprint density at radius 1 is 1.50 bits per heavy atom. The molecule has 1 aromatic carbocycles. The van der Waals surface area contributed by atoms with Gasteiger partial charge in [-0.05, 0) is 34.1 Å². The molecule has 0 aliphatic rings. The van der Waals surface area contributed by atoms with E-state index in [4.69, 9.17) is 11.5 Å². The van der Waals surface area contributed by atoms with Crippen LogP contribution in [0.15, 0.2) is 22.7 Å². The van der Waals surface area contributed by atoms with Gasteiger partial charge in [0, 0.05) is 4.47 Å². The molecule has 0 unspecified atom stereocenters.